The van der Waals surface area contributed by atoms with Gasteiger partial charge >= 0.3 is 0 Å². The van der Waals surface area contributed by atoms with Gasteiger partial charge in [0.2, 0.25) is 11.6 Å². The largest absolute Gasteiger partial charge is 0.391 e. The molecule has 5 rings (SSSR count). The van der Waals surface area contributed by atoms with Gasteiger partial charge in [-0.3, -0.25) is 4.90 Å². The quantitative estimate of drug-likeness (QED) is 0.0952. The molecule has 4 heterocycles. The first-order chi connectivity index (χ1) is 23.8. The summed E-state index contributed by atoms with van der Waals surface area (Å²) < 4.78 is 33.3. The number of nitrogens with zero attached hydrogens (tertiary/aromatic N) is 1. The zero-order valence-electron chi connectivity index (χ0n) is 27.2. The predicted octanol–water partition coefficient (Wildman–Crippen LogP) is -5.71. The molecule has 0 amide bonds. The zero-order valence-corrected chi connectivity index (χ0v) is 27.2. The van der Waals surface area contributed by atoms with Crippen LogP contribution in [0.2, 0.25) is 0 Å². The molecule has 0 aliphatic carbocycles. The van der Waals surface area contributed by atoms with Gasteiger partial charge in [0.25, 0.3) is 0 Å². The molecule has 1 aromatic rings. The molecule has 1 aromatic carbocycles. The zero-order chi connectivity index (χ0) is 36.4. The average Bonchev–Trinajstić information content (AvgIpc) is 3.65. The van der Waals surface area contributed by atoms with Crippen LogP contribution in [0.5, 0.6) is 0 Å². The number of aliphatic hydroxyl groups is 11. The van der Waals surface area contributed by atoms with Gasteiger partial charge in [0, 0.05) is 18.7 Å². The van der Waals surface area contributed by atoms with Crippen LogP contribution in [0.3, 0.4) is 0 Å². The molecule has 0 bridgehead atoms. The van der Waals surface area contributed by atoms with E-state index in [1.807, 2.05) is 23.1 Å². The summed E-state index contributed by atoms with van der Waals surface area (Å²) in [6.07, 6.45) is -20.3. The summed E-state index contributed by atoms with van der Waals surface area (Å²) >= 11 is 0. The lowest BCUT2D eigenvalue weighted by atomic mass is 9.92. The lowest BCUT2D eigenvalue weighted by molar-refractivity contribution is -0.407. The van der Waals surface area contributed by atoms with Gasteiger partial charge in [-0.1, -0.05) is 30.0 Å². The Morgan fingerprint density at radius 1 is 0.840 bits per heavy atom. The number of ether oxygens (including phenoxy) is 6. The minimum absolute atomic E-state index is 0.0936. The molecule has 18 nitrogen and oxygen atoms in total. The lowest BCUT2D eigenvalue weighted by Gasteiger charge is -2.46. The maximum absolute atomic E-state index is 11.1. The highest BCUT2D eigenvalue weighted by Crippen LogP contribution is 2.40. The van der Waals surface area contributed by atoms with Crippen molar-refractivity contribution in [2.24, 2.45) is 0 Å². The second-order valence-electron chi connectivity index (χ2n) is 12.9. The fraction of sp³-hybridized carbons (Fsp3) is 0.750. The number of likely N-dealkylation sites (tertiary alicyclic amines) is 1. The summed E-state index contributed by atoms with van der Waals surface area (Å²) in [6, 6.07) is 8.17. The molecule has 0 spiro atoms. The highest BCUT2D eigenvalue weighted by molar-refractivity contribution is 5.35. The first kappa shape index (κ1) is 39.3. The van der Waals surface area contributed by atoms with E-state index in [2.05, 4.69) is 11.8 Å². The highest BCUT2D eigenvalue weighted by Gasteiger charge is 2.64. The molecular formula is C32H47NO17. The van der Waals surface area contributed by atoms with Crippen molar-refractivity contribution < 1.29 is 84.6 Å². The summed E-state index contributed by atoms with van der Waals surface area (Å²) in [7, 11) is 1.56. The monoisotopic (exact) mass is 717 g/mol. The van der Waals surface area contributed by atoms with Crippen molar-refractivity contribution in [2.75, 3.05) is 40.1 Å². The van der Waals surface area contributed by atoms with Gasteiger partial charge in [0.05, 0.1) is 19.8 Å². The Bertz CT molecular complexity index is 1300. The van der Waals surface area contributed by atoms with E-state index < -0.39 is 111 Å². The molecule has 11 N–H and O–H groups in total. The van der Waals surface area contributed by atoms with Crippen molar-refractivity contribution in [2.45, 2.75) is 110 Å². The van der Waals surface area contributed by atoms with Crippen molar-refractivity contribution in [1.29, 1.82) is 0 Å². The molecule has 4 aliphatic heterocycles. The molecule has 282 valence electrons. The topological polar surface area (TPSA) is 281 Å². The van der Waals surface area contributed by atoms with E-state index in [1.165, 1.54) is 0 Å². The second-order valence-corrected chi connectivity index (χ2v) is 12.9. The van der Waals surface area contributed by atoms with E-state index in [1.54, 1.807) is 19.2 Å². The van der Waals surface area contributed by atoms with Crippen molar-refractivity contribution in [3.8, 4) is 11.8 Å². The Labute approximate surface area is 287 Å². The number of hydrogen-bond donors (Lipinski definition) is 11. The van der Waals surface area contributed by atoms with E-state index in [-0.39, 0.29) is 6.04 Å². The molecule has 50 heavy (non-hydrogen) atoms. The fourth-order valence-electron chi connectivity index (χ4n) is 6.73. The SMILES string of the molecule is COC[C@@H]1CCCN1C(C#Cc1ccccc1)[C@H]1O[C@H](OC[C@H]2O[C@H](O[C@]3(CO)O[C@](O)(CO)[C@@H](O)[C@@H]3O)[C@H](O)[C@@H](O)[C@@H]2O)[C@H](O)[C@@H](O)[C@H]1O. The van der Waals surface area contributed by atoms with Crippen LogP contribution in [0.4, 0.5) is 0 Å². The molecule has 18 heteroatoms. The maximum Gasteiger partial charge on any atom is 0.226 e. The number of rotatable bonds is 11. The van der Waals surface area contributed by atoms with Crippen LogP contribution < -0.4 is 0 Å². The third-order valence-corrected chi connectivity index (χ3v) is 9.61. The Kier molecular flexibility index (Phi) is 12.9. The molecule has 16 atom stereocenters. The van der Waals surface area contributed by atoms with Crippen LogP contribution in [0, 0.1) is 11.8 Å². The van der Waals surface area contributed by atoms with Crippen LogP contribution >= 0.6 is 0 Å². The average molecular weight is 718 g/mol. The smallest absolute Gasteiger partial charge is 0.226 e. The molecule has 0 radical (unpaired) electrons. The minimum atomic E-state index is -2.78. The fourth-order valence-corrected chi connectivity index (χ4v) is 6.73. The van der Waals surface area contributed by atoms with Crippen LogP contribution in [0.15, 0.2) is 30.3 Å². The number of benzene rings is 1. The summed E-state index contributed by atoms with van der Waals surface area (Å²) in [6.45, 7) is -2.21. The highest BCUT2D eigenvalue weighted by atomic mass is 16.8. The molecule has 0 saturated carbocycles. The van der Waals surface area contributed by atoms with Crippen molar-refractivity contribution >= 4 is 0 Å². The number of aliphatic hydroxyl groups excluding tert-OH is 10. The van der Waals surface area contributed by atoms with E-state index in [9.17, 15) is 56.2 Å². The molecule has 4 saturated heterocycles. The molecule has 4 aliphatic rings. The Balaban J connectivity index is 1.34. The lowest BCUT2D eigenvalue weighted by Crippen LogP contribution is -2.65. The van der Waals surface area contributed by atoms with Crippen LogP contribution in [-0.4, -0.2) is 198 Å². The van der Waals surface area contributed by atoms with Gasteiger partial charge in [-0.25, -0.2) is 0 Å². The van der Waals surface area contributed by atoms with Gasteiger partial charge in [-0.05, 0) is 31.5 Å². The normalized spacial score (nSPS) is 44.5. The Morgan fingerprint density at radius 3 is 2.16 bits per heavy atom. The van der Waals surface area contributed by atoms with E-state index in [0.717, 1.165) is 12.8 Å². The van der Waals surface area contributed by atoms with Crippen molar-refractivity contribution in [3.05, 3.63) is 35.9 Å². The summed E-state index contributed by atoms with van der Waals surface area (Å²) in [5.74, 6) is 0.787. The van der Waals surface area contributed by atoms with E-state index in [0.29, 0.717) is 18.7 Å². The standard InChI is InChI=1S/C32H47NO17/c1-45-12-17-8-5-11-33(17)18(10-9-16-6-3-2-4-7-16)26-23(39)22(38)24(40)29(48-26)46-13-19-20(36)21(37)25(41)30(47-19)49-32(15-35)28(43)27(42)31(44,14-34)50-32/h2-4,6-7,17-30,34-44H,5,8,11-15H2,1H3/t17-,18?,19+,20+,21-,22-,23+,24+,25+,26+,27-,28-,29-,30+,31+,32+/m0/s1. The maximum atomic E-state index is 11.1. The molecular weight excluding hydrogens is 670 g/mol. The van der Waals surface area contributed by atoms with Crippen molar-refractivity contribution in [3.63, 3.8) is 0 Å². The van der Waals surface area contributed by atoms with Crippen LogP contribution in [-0.2, 0) is 28.4 Å². The predicted molar refractivity (Wildman–Crippen MR) is 164 cm³/mol. The minimum Gasteiger partial charge on any atom is -0.391 e. The summed E-state index contributed by atoms with van der Waals surface area (Å²) in [5, 5.41) is 115. The first-order valence-electron chi connectivity index (χ1n) is 16.3. The second kappa shape index (κ2) is 16.4. The van der Waals surface area contributed by atoms with E-state index in [4.69, 9.17) is 28.4 Å². The van der Waals surface area contributed by atoms with E-state index >= 15 is 0 Å². The Hall–Kier alpha value is -1.94. The number of methoxy groups -OCH3 is 1. The van der Waals surface area contributed by atoms with Gasteiger partial charge in [-0.15, -0.1) is 0 Å². The Morgan fingerprint density at radius 2 is 1.52 bits per heavy atom. The van der Waals surface area contributed by atoms with Gasteiger partial charge in [0.1, 0.15) is 73.7 Å². The van der Waals surface area contributed by atoms with Crippen LogP contribution in [0.1, 0.15) is 18.4 Å². The van der Waals surface area contributed by atoms with Gasteiger partial charge < -0.3 is 84.6 Å². The van der Waals surface area contributed by atoms with Crippen LogP contribution in [0.25, 0.3) is 0 Å². The summed E-state index contributed by atoms with van der Waals surface area (Å²) in [4.78, 5) is 1.99. The van der Waals surface area contributed by atoms with Gasteiger partial charge in [0.15, 0.2) is 12.6 Å². The van der Waals surface area contributed by atoms with Crippen molar-refractivity contribution in [1.82, 2.24) is 4.90 Å². The number of hydrogen-bond acceptors (Lipinski definition) is 18. The molecule has 0 aromatic heterocycles. The third kappa shape index (κ3) is 7.72. The van der Waals surface area contributed by atoms with Gasteiger partial charge in [-0.2, -0.15) is 0 Å². The third-order valence-electron chi connectivity index (χ3n) is 9.61. The summed E-state index contributed by atoms with van der Waals surface area (Å²) in [5.41, 5.74) is 0.689. The first-order valence-corrected chi connectivity index (χ1v) is 16.3. The molecule has 1 unspecified atom stereocenters. The molecule has 4 fully saturated rings.